The van der Waals surface area contributed by atoms with Gasteiger partial charge in [-0.1, -0.05) is 40.6 Å². The van der Waals surface area contributed by atoms with Gasteiger partial charge in [-0.05, 0) is 30.8 Å². The van der Waals surface area contributed by atoms with Crippen molar-refractivity contribution in [2.24, 2.45) is 10.3 Å². The van der Waals surface area contributed by atoms with Crippen molar-refractivity contribution >= 4 is 31.9 Å². The topological polar surface area (TPSA) is 72.3 Å². The number of aryl methyl sites for hydroxylation is 1. The summed E-state index contributed by atoms with van der Waals surface area (Å²) in [6.45, 7) is 3.17. The van der Waals surface area contributed by atoms with Crippen LogP contribution in [0.2, 0.25) is 0 Å². The number of carbonyl (C=O) groups excluding carboxylic acids is 1. The minimum absolute atomic E-state index is 0.0448. The van der Waals surface area contributed by atoms with Crippen molar-refractivity contribution in [1.29, 1.82) is 0 Å². The fourth-order valence-electron chi connectivity index (χ4n) is 2.89. The van der Waals surface area contributed by atoms with Gasteiger partial charge < -0.3 is 15.0 Å². The number of benzene rings is 2. The number of likely N-dealkylation sites (N-methyl/N-ethyl adjacent to an activating group) is 1. The number of rotatable bonds is 7. The van der Waals surface area contributed by atoms with Crippen LogP contribution in [0.5, 0.6) is 0 Å². The van der Waals surface area contributed by atoms with Crippen LogP contribution in [0, 0.1) is 6.92 Å². The lowest BCUT2D eigenvalue weighted by atomic mass is 9.98. The van der Waals surface area contributed by atoms with Gasteiger partial charge in [0.2, 0.25) is 0 Å². The Morgan fingerprint density at radius 1 is 1.16 bits per heavy atom. The maximum absolute atomic E-state index is 13.4. The molecule has 1 N–H and O–H groups in total. The van der Waals surface area contributed by atoms with E-state index in [1.165, 1.54) is 27.1 Å². The third kappa shape index (κ3) is 6.04. The Bertz CT molecular complexity index is 1020. The van der Waals surface area contributed by atoms with E-state index >= 15 is 0 Å². The Morgan fingerprint density at radius 3 is 2.48 bits per heavy atom. The molecule has 6 nitrogen and oxygen atoms in total. The van der Waals surface area contributed by atoms with Crippen LogP contribution in [-0.2, 0) is 27.3 Å². The van der Waals surface area contributed by atoms with E-state index in [9.17, 15) is 18.0 Å². The van der Waals surface area contributed by atoms with Crippen molar-refractivity contribution in [2.75, 3.05) is 14.2 Å². The average molecular weight is 453 g/mol. The fourth-order valence-corrected chi connectivity index (χ4v) is 3.16. The molecule has 0 bridgehead atoms. The van der Waals surface area contributed by atoms with Crippen LogP contribution < -0.4 is 10.6 Å². The van der Waals surface area contributed by atoms with Crippen molar-refractivity contribution in [3.05, 3.63) is 64.2 Å². The van der Waals surface area contributed by atoms with Crippen LogP contribution in [0.1, 0.15) is 34.7 Å². The molecule has 0 heterocycles. The minimum Gasteiger partial charge on any atom is -0.398 e. The van der Waals surface area contributed by atoms with Gasteiger partial charge in [-0.2, -0.15) is 13.2 Å². The molecule has 0 radical (unpaired) electrons. The van der Waals surface area contributed by atoms with E-state index in [1.807, 2.05) is 13.0 Å². The molecule has 0 saturated heterocycles. The number of nitrogens with zero attached hydrogens (tertiary/aromatic N) is 2. The van der Waals surface area contributed by atoms with Crippen molar-refractivity contribution < 1.29 is 27.6 Å². The molecule has 1 amide bonds. The highest BCUT2D eigenvalue weighted by Crippen LogP contribution is 2.32. The first-order chi connectivity index (χ1) is 14.6. The Morgan fingerprint density at radius 2 is 1.87 bits per heavy atom. The molecule has 0 aliphatic carbocycles. The summed E-state index contributed by atoms with van der Waals surface area (Å²) >= 11 is 0. The summed E-state index contributed by atoms with van der Waals surface area (Å²) in [5.41, 5.74) is 1.12. The van der Waals surface area contributed by atoms with Crippen molar-refractivity contribution in [3.8, 4) is 0 Å². The lowest BCUT2D eigenvalue weighted by Gasteiger charge is -2.14. The standard InChI is InChI=1S/C21H23F3N3O3P/c1-12-6-5-7-16(19(27-29-4)20(28)25-3)17(12)11-30-26-13(2)15-9-8-14(31)10-18(15)21(22,23)24/h5-10H,11,31H2,1-4H3,(H,25,28)/b26-13+,27-19+. The summed E-state index contributed by atoms with van der Waals surface area (Å²) in [6, 6.07) is 9.17. The van der Waals surface area contributed by atoms with Gasteiger partial charge >= 0.3 is 6.18 Å². The van der Waals surface area contributed by atoms with Gasteiger partial charge in [0.25, 0.3) is 5.91 Å². The van der Waals surface area contributed by atoms with E-state index in [0.717, 1.165) is 11.6 Å². The quantitative estimate of drug-likeness (QED) is 0.396. The highest BCUT2D eigenvalue weighted by atomic mass is 31.0. The Hall–Kier alpha value is -2.93. The molecule has 31 heavy (non-hydrogen) atoms. The second-order valence-corrected chi connectivity index (χ2v) is 7.22. The fraction of sp³-hybridized carbons (Fsp3) is 0.286. The van der Waals surface area contributed by atoms with Crippen molar-refractivity contribution in [1.82, 2.24) is 5.32 Å². The third-order valence-electron chi connectivity index (χ3n) is 4.44. The van der Waals surface area contributed by atoms with Gasteiger partial charge in [0.15, 0.2) is 5.71 Å². The first-order valence-electron chi connectivity index (χ1n) is 9.15. The number of nitrogens with one attached hydrogen (secondary N) is 1. The summed E-state index contributed by atoms with van der Waals surface area (Å²) in [5, 5.41) is 10.6. The first kappa shape index (κ1) is 24.3. The van der Waals surface area contributed by atoms with E-state index < -0.39 is 17.6 Å². The zero-order valence-electron chi connectivity index (χ0n) is 17.5. The minimum atomic E-state index is -4.53. The van der Waals surface area contributed by atoms with Crippen molar-refractivity contribution in [3.63, 3.8) is 0 Å². The van der Waals surface area contributed by atoms with Gasteiger partial charge in [0, 0.05) is 23.7 Å². The molecular weight excluding hydrogens is 430 g/mol. The predicted octanol–water partition coefficient (Wildman–Crippen LogP) is 3.55. The normalized spacial score (nSPS) is 12.5. The molecule has 1 unspecified atom stereocenters. The molecule has 0 aromatic heterocycles. The number of carbonyl (C=O) groups is 1. The summed E-state index contributed by atoms with van der Waals surface area (Å²) < 4.78 is 40.2. The highest BCUT2D eigenvalue weighted by molar-refractivity contribution is 7.27. The smallest absolute Gasteiger partial charge is 0.398 e. The lowest BCUT2D eigenvalue weighted by Crippen LogP contribution is -2.29. The van der Waals surface area contributed by atoms with E-state index in [4.69, 9.17) is 9.68 Å². The first-order valence-corrected chi connectivity index (χ1v) is 9.73. The summed E-state index contributed by atoms with van der Waals surface area (Å²) in [4.78, 5) is 22.4. The zero-order valence-corrected chi connectivity index (χ0v) is 18.7. The molecule has 0 fully saturated rings. The van der Waals surface area contributed by atoms with Gasteiger partial charge in [0.05, 0.1) is 11.3 Å². The van der Waals surface area contributed by atoms with E-state index in [1.54, 1.807) is 18.2 Å². The average Bonchev–Trinajstić information content (AvgIpc) is 2.72. The monoisotopic (exact) mass is 453 g/mol. The van der Waals surface area contributed by atoms with Gasteiger partial charge in [-0.3, -0.25) is 4.79 Å². The number of halogens is 3. The van der Waals surface area contributed by atoms with E-state index in [2.05, 4.69) is 24.9 Å². The molecule has 10 heteroatoms. The molecular formula is C21H23F3N3O3P. The molecule has 0 saturated carbocycles. The van der Waals surface area contributed by atoms with Crippen LogP contribution in [0.4, 0.5) is 13.2 Å². The summed E-state index contributed by atoms with van der Waals surface area (Å²) in [6.07, 6.45) is -4.53. The van der Waals surface area contributed by atoms with Crippen molar-refractivity contribution in [2.45, 2.75) is 26.6 Å². The SMILES string of the molecule is CNC(=O)/C(=N/OC)c1cccc(C)c1CO/N=C(\C)c1ccc(P)cc1C(F)(F)F. The molecule has 2 aromatic rings. The number of oxime groups is 2. The van der Waals surface area contributed by atoms with Crippen LogP contribution >= 0.6 is 9.24 Å². The number of alkyl halides is 3. The lowest BCUT2D eigenvalue weighted by molar-refractivity contribution is -0.137. The number of hydrogen-bond donors (Lipinski definition) is 1. The second kappa shape index (κ2) is 10.4. The van der Waals surface area contributed by atoms with Gasteiger partial charge in [0.1, 0.15) is 13.7 Å². The Balaban J connectivity index is 2.36. The van der Waals surface area contributed by atoms with Gasteiger partial charge in [-0.15, -0.1) is 9.24 Å². The van der Waals surface area contributed by atoms with Crippen LogP contribution in [-0.4, -0.2) is 31.5 Å². The van der Waals surface area contributed by atoms with Gasteiger partial charge in [-0.25, -0.2) is 0 Å². The van der Waals surface area contributed by atoms with E-state index in [-0.39, 0.29) is 23.6 Å². The predicted molar refractivity (Wildman–Crippen MR) is 117 cm³/mol. The largest absolute Gasteiger partial charge is 0.417 e. The maximum Gasteiger partial charge on any atom is 0.417 e. The molecule has 1 atom stereocenters. The number of hydrogen-bond acceptors (Lipinski definition) is 5. The summed E-state index contributed by atoms with van der Waals surface area (Å²) in [7, 11) is 5.03. The maximum atomic E-state index is 13.4. The molecule has 0 aliphatic heterocycles. The number of amides is 1. The Kier molecular flexibility index (Phi) is 8.16. The molecule has 2 rings (SSSR count). The second-order valence-electron chi connectivity index (χ2n) is 6.56. The molecule has 0 spiro atoms. The third-order valence-corrected chi connectivity index (χ3v) is 4.80. The van der Waals surface area contributed by atoms with E-state index in [0.29, 0.717) is 16.4 Å². The molecule has 2 aromatic carbocycles. The van der Waals surface area contributed by atoms with Crippen LogP contribution in [0.25, 0.3) is 0 Å². The highest BCUT2D eigenvalue weighted by Gasteiger charge is 2.34. The molecule has 166 valence electrons. The zero-order chi connectivity index (χ0) is 23.2. The summed E-state index contributed by atoms with van der Waals surface area (Å²) in [5.74, 6) is -0.458. The molecule has 0 aliphatic rings. The van der Waals surface area contributed by atoms with Crippen LogP contribution in [0.15, 0.2) is 46.7 Å². The van der Waals surface area contributed by atoms with Crippen LogP contribution in [0.3, 0.4) is 0 Å². The Labute approximate surface area is 180 Å².